The summed E-state index contributed by atoms with van der Waals surface area (Å²) in [5.41, 5.74) is 4.80. The molecule has 5 rings (SSSR count). The van der Waals surface area contributed by atoms with Crippen molar-refractivity contribution in [1.29, 1.82) is 0 Å². The Morgan fingerprint density at radius 1 is 0.921 bits per heavy atom. The van der Waals surface area contributed by atoms with Gasteiger partial charge in [0.15, 0.2) is 0 Å². The number of aliphatic hydroxyl groups excluding tert-OH is 1. The molecule has 0 saturated carbocycles. The Bertz CT molecular complexity index is 1250. The number of hydrogen-bond donors (Lipinski definition) is 2. The van der Waals surface area contributed by atoms with E-state index in [1.165, 1.54) is 5.56 Å². The highest BCUT2D eigenvalue weighted by molar-refractivity contribution is 6.00. The number of carbonyl (C=O) groups is 1. The van der Waals surface area contributed by atoms with Crippen LogP contribution in [0.5, 0.6) is 11.5 Å². The summed E-state index contributed by atoms with van der Waals surface area (Å²) in [6, 6.07) is 20.4. The van der Waals surface area contributed by atoms with E-state index in [9.17, 15) is 18.7 Å². The zero-order valence-corrected chi connectivity index (χ0v) is 21.0. The second-order valence-electron chi connectivity index (χ2n) is 9.61. The molecule has 1 fully saturated rings. The zero-order chi connectivity index (χ0) is 26.5. The molecule has 200 valence electrons. The van der Waals surface area contributed by atoms with Crippen molar-refractivity contribution >= 4 is 11.6 Å². The lowest BCUT2D eigenvalue weighted by Gasteiger charge is -2.36. The van der Waals surface area contributed by atoms with Crippen LogP contribution in [0.1, 0.15) is 11.1 Å². The van der Waals surface area contributed by atoms with Gasteiger partial charge in [0.1, 0.15) is 24.2 Å². The number of hydrogen-bond acceptors (Lipinski definition) is 6. The second-order valence-corrected chi connectivity index (χ2v) is 9.61. The van der Waals surface area contributed by atoms with E-state index < -0.39 is 12.7 Å². The first-order valence-corrected chi connectivity index (χ1v) is 12.7. The molecule has 1 unspecified atom stereocenters. The number of amides is 1. The van der Waals surface area contributed by atoms with E-state index in [4.69, 9.17) is 4.74 Å². The van der Waals surface area contributed by atoms with Crippen LogP contribution in [0.25, 0.3) is 11.1 Å². The van der Waals surface area contributed by atoms with Crippen LogP contribution in [0.15, 0.2) is 66.7 Å². The third-order valence-corrected chi connectivity index (χ3v) is 6.91. The Morgan fingerprint density at radius 2 is 1.66 bits per heavy atom. The van der Waals surface area contributed by atoms with Gasteiger partial charge in [-0.1, -0.05) is 42.5 Å². The predicted molar refractivity (Wildman–Crippen MR) is 141 cm³/mol. The summed E-state index contributed by atoms with van der Waals surface area (Å²) in [6.45, 7) is 2.01. The van der Waals surface area contributed by atoms with E-state index in [1.807, 2.05) is 36.4 Å². The van der Waals surface area contributed by atoms with Crippen molar-refractivity contribution < 1.29 is 28.2 Å². The van der Waals surface area contributed by atoms with Gasteiger partial charge < -0.3 is 19.9 Å². The SMILES string of the molecule is O=C1Cc2c(cccc2OCC(O)CN2CCN(Cc3ccccc3-c3ccc(OC(F)F)cc3)CC2)N1. The summed E-state index contributed by atoms with van der Waals surface area (Å²) in [5.74, 6) is 0.735. The predicted octanol–water partition coefficient (Wildman–Crippen LogP) is 4.01. The number of β-amino-alcohol motifs (C(OH)–C–C–N with tert-alkyl or cyclic N) is 1. The Hall–Kier alpha value is -3.53. The standard InChI is InChI=1S/C29H31F2N3O4/c30-29(31)38-23-10-8-20(9-11-23)24-5-2-1-4-21(24)17-33-12-14-34(15-13-33)18-22(35)19-37-27-7-3-6-26-25(27)16-28(36)32-26/h1-11,22,29,35H,12-19H2,(H,32,36). The van der Waals surface area contributed by atoms with Crippen LogP contribution in [0.4, 0.5) is 14.5 Å². The van der Waals surface area contributed by atoms with E-state index in [1.54, 1.807) is 24.3 Å². The van der Waals surface area contributed by atoms with Crippen LogP contribution in [0.3, 0.4) is 0 Å². The third-order valence-electron chi connectivity index (χ3n) is 6.91. The number of alkyl halides is 2. The third kappa shape index (κ3) is 6.48. The molecule has 3 aromatic carbocycles. The highest BCUT2D eigenvalue weighted by Gasteiger charge is 2.23. The summed E-state index contributed by atoms with van der Waals surface area (Å²) in [7, 11) is 0. The molecule has 38 heavy (non-hydrogen) atoms. The fourth-order valence-corrected chi connectivity index (χ4v) is 5.02. The first-order valence-electron chi connectivity index (χ1n) is 12.7. The van der Waals surface area contributed by atoms with Gasteiger partial charge >= 0.3 is 6.61 Å². The molecule has 2 aliphatic heterocycles. The lowest BCUT2D eigenvalue weighted by molar-refractivity contribution is -0.115. The number of aliphatic hydroxyl groups is 1. The maximum absolute atomic E-state index is 12.5. The van der Waals surface area contributed by atoms with Crippen molar-refractivity contribution in [3.63, 3.8) is 0 Å². The van der Waals surface area contributed by atoms with Gasteiger partial charge in [0, 0.05) is 50.5 Å². The highest BCUT2D eigenvalue weighted by Crippen LogP contribution is 2.31. The first kappa shape index (κ1) is 26.1. The highest BCUT2D eigenvalue weighted by atomic mass is 19.3. The fraction of sp³-hybridized carbons (Fsp3) is 0.345. The number of fused-ring (bicyclic) bond motifs is 1. The molecule has 0 radical (unpaired) electrons. The number of anilines is 1. The van der Waals surface area contributed by atoms with Crippen molar-refractivity contribution in [3.8, 4) is 22.6 Å². The Balaban J connectivity index is 1.11. The van der Waals surface area contributed by atoms with Gasteiger partial charge in [0.25, 0.3) is 0 Å². The van der Waals surface area contributed by atoms with E-state index in [0.717, 1.165) is 55.1 Å². The van der Waals surface area contributed by atoms with Crippen LogP contribution < -0.4 is 14.8 Å². The smallest absolute Gasteiger partial charge is 0.387 e. The zero-order valence-electron chi connectivity index (χ0n) is 21.0. The van der Waals surface area contributed by atoms with Gasteiger partial charge in [0.05, 0.1) is 6.42 Å². The molecule has 1 atom stereocenters. The number of benzene rings is 3. The van der Waals surface area contributed by atoms with Crippen molar-refractivity contribution in [2.24, 2.45) is 0 Å². The molecule has 0 aliphatic carbocycles. The minimum absolute atomic E-state index is 0.0468. The maximum atomic E-state index is 12.5. The lowest BCUT2D eigenvalue weighted by Crippen LogP contribution is -2.48. The quantitative estimate of drug-likeness (QED) is 0.419. The average Bonchev–Trinajstić information content (AvgIpc) is 3.30. The number of nitrogens with zero attached hydrogens (tertiary/aromatic N) is 2. The number of halogens is 2. The summed E-state index contributed by atoms with van der Waals surface area (Å²) >= 11 is 0. The van der Waals surface area contributed by atoms with Crippen molar-refractivity contribution in [2.45, 2.75) is 25.7 Å². The molecule has 0 bridgehead atoms. The van der Waals surface area contributed by atoms with Gasteiger partial charge in [-0.3, -0.25) is 14.6 Å². The van der Waals surface area contributed by atoms with Crippen molar-refractivity contribution in [1.82, 2.24) is 9.80 Å². The molecule has 0 spiro atoms. The van der Waals surface area contributed by atoms with Gasteiger partial charge in [-0.2, -0.15) is 8.78 Å². The fourth-order valence-electron chi connectivity index (χ4n) is 5.02. The summed E-state index contributed by atoms with van der Waals surface area (Å²) in [5, 5.41) is 13.4. The molecule has 3 aromatic rings. The van der Waals surface area contributed by atoms with E-state index in [0.29, 0.717) is 18.7 Å². The monoisotopic (exact) mass is 523 g/mol. The molecule has 2 N–H and O–H groups in total. The molecular formula is C29H31F2N3O4. The molecule has 2 heterocycles. The summed E-state index contributed by atoms with van der Waals surface area (Å²) in [6.07, 6.45) is -0.342. The van der Waals surface area contributed by atoms with E-state index in [-0.39, 0.29) is 18.3 Å². The summed E-state index contributed by atoms with van der Waals surface area (Å²) < 4.78 is 35.3. The molecular weight excluding hydrogens is 492 g/mol. The number of carbonyl (C=O) groups excluding carboxylic acids is 1. The van der Waals surface area contributed by atoms with Crippen LogP contribution in [-0.4, -0.2) is 72.9 Å². The van der Waals surface area contributed by atoms with Gasteiger partial charge in [-0.15, -0.1) is 0 Å². The largest absolute Gasteiger partial charge is 0.490 e. The second kappa shape index (κ2) is 11.9. The van der Waals surface area contributed by atoms with Crippen LogP contribution in [0.2, 0.25) is 0 Å². The van der Waals surface area contributed by atoms with E-state index >= 15 is 0 Å². The van der Waals surface area contributed by atoms with E-state index in [2.05, 4.69) is 25.9 Å². The molecule has 2 aliphatic rings. The molecule has 0 aromatic heterocycles. The van der Waals surface area contributed by atoms with Gasteiger partial charge in [-0.05, 0) is 41.0 Å². The minimum atomic E-state index is -2.84. The van der Waals surface area contributed by atoms with Crippen LogP contribution >= 0.6 is 0 Å². The number of nitrogens with one attached hydrogen (secondary N) is 1. The topological polar surface area (TPSA) is 74.3 Å². The normalized spacial score (nSPS) is 16.8. The number of piperazine rings is 1. The van der Waals surface area contributed by atoms with Gasteiger partial charge in [0.2, 0.25) is 5.91 Å². The van der Waals surface area contributed by atoms with Gasteiger partial charge in [-0.25, -0.2) is 0 Å². The van der Waals surface area contributed by atoms with Crippen molar-refractivity contribution in [3.05, 3.63) is 77.9 Å². The summed E-state index contributed by atoms with van der Waals surface area (Å²) in [4.78, 5) is 16.3. The first-order chi connectivity index (χ1) is 18.4. The number of ether oxygens (including phenoxy) is 2. The lowest BCUT2D eigenvalue weighted by atomic mass is 9.99. The Labute approximate surface area is 220 Å². The molecule has 9 heteroatoms. The molecule has 7 nitrogen and oxygen atoms in total. The average molecular weight is 524 g/mol. The number of rotatable bonds is 10. The minimum Gasteiger partial charge on any atom is -0.490 e. The van der Waals surface area contributed by atoms with Crippen molar-refractivity contribution in [2.75, 3.05) is 44.6 Å². The van der Waals surface area contributed by atoms with Crippen LogP contribution in [-0.2, 0) is 17.8 Å². The Kier molecular flexibility index (Phi) is 8.17. The molecule has 1 amide bonds. The molecule has 1 saturated heterocycles. The Morgan fingerprint density at radius 3 is 2.42 bits per heavy atom. The van der Waals surface area contributed by atoms with Crippen LogP contribution in [0, 0.1) is 0 Å². The maximum Gasteiger partial charge on any atom is 0.387 e.